The van der Waals surface area contributed by atoms with Crippen LogP contribution in [-0.4, -0.2) is 59.4 Å². The standard InChI is InChI=1S/C15H25N3O2/c1-2-15(20)14-5-4-13(12-16-14)18-7-3-6-17(8-9-18)10-11-19/h4-5,12,15,19-20H,2-3,6-11H2,1H3. The van der Waals surface area contributed by atoms with Crippen LogP contribution in [0, 0.1) is 0 Å². The molecule has 112 valence electrons. The second-order valence-corrected chi connectivity index (χ2v) is 5.27. The first-order valence-electron chi connectivity index (χ1n) is 7.46. The minimum absolute atomic E-state index is 0.227. The number of rotatable bonds is 5. The Hall–Kier alpha value is -1.17. The Morgan fingerprint density at radius 3 is 2.75 bits per heavy atom. The van der Waals surface area contributed by atoms with Crippen LogP contribution in [-0.2, 0) is 0 Å². The van der Waals surface area contributed by atoms with Crippen molar-refractivity contribution >= 4 is 5.69 Å². The van der Waals surface area contributed by atoms with Gasteiger partial charge in [0.15, 0.2) is 0 Å². The van der Waals surface area contributed by atoms with E-state index in [2.05, 4.69) is 14.8 Å². The summed E-state index contributed by atoms with van der Waals surface area (Å²) < 4.78 is 0. The molecule has 0 radical (unpaired) electrons. The van der Waals surface area contributed by atoms with E-state index in [4.69, 9.17) is 5.11 Å². The average Bonchev–Trinajstić information content (AvgIpc) is 2.73. The lowest BCUT2D eigenvalue weighted by Crippen LogP contribution is -2.32. The third-order valence-corrected chi connectivity index (χ3v) is 3.87. The second-order valence-electron chi connectivity index (χ2n) is 5.27. The first kappa shape index (κ1) is 15.2. The number of aromatic nitrogens is 1. The molecule has 5 heteroatoms. The van der Waals surface area contributed by atoms with Gasteiger partial charge in [0.25, 0.3) is 0 Å². The molecular formula is C15H25N3O2. The molecule has 0 spiro atoms. The van der Waals surface area contributed by atoms with Crippen molar-refractivity contribution in [2.75, 3.05) is 44.2 Å². The van der Waals surface area contributed by atoms with Crippen LogP contribution in [0.2, 0.25) is 0 Å². The molecule has 1 aliphatic heterocycles. The fourth-order valence-corrected chi connectivity index (χ4v) is 2.58. The highest BCUT2D eigenvalue weighted by molar-refractivity contribution is 5.44. The van der Waals surface area contributed by atoms with Crippen LogP contribution in [0.4, 0.5) is 5.69 Å². The number of nitrogens with zero attached hydrogens (tertiary/aromatic N) is 3. The fourth-order valence-electron chi connectivity index (χ4n) is 2.58. The van der Waals surface area contributed by atoms with Gasteiger partial charge >= 0.3 is 0 Å². The summed E-state index contributed by atoms with van der Waals surface area (Å²) in [5.41, 5.74) is 1.86. The van der Waals surface area contributed by atoms with Crippen LogP contribution in [0.3, 0.4) is 0 Å². The Kier molecular flexibility index (Phi) is 5.76. The maximum Gasteiger partial charge on any atom is 0.0957 e. The van der Waals surface area contributed by atoms with Gasteiger partial charge in [-0.1, -0.05) is 6.92 Å². The van der Waals surface area contributed by atoms with Gasteiger partial charge in [-0.15, -0.1) is 0 Å². The molecule has 2 heterocycles. The van der Waals surface area contributed by atoms with E-state index >= 15 is 0 Å². The molecule has 0 amide bonds. The van der Waals surface area contributed by atoms with Crippen molar-refractivity contribution in [3.63, 3.8) is 0 Å². The lowest BCUT2D eigenvalue weighted by Gasteiger charge is -2.23. The van der Waals surface area contributed by atoms with Crippen molar-refractivity contribution in [3.8, 4) is 0 Å². The van der Waals surface area contributed by atoms with E-state index in [9.17, 15) is 5.11 Å². The number of hydrogen-bond donors (Lipinski definition) is 2. The monoisotopic (exact) mass is 279 g/mol. The minimum atomic E-state index is -0.465. The van der Waals surface area contributed by atoms with E-state index in [1.807, 2.05) is 25.3 Å². The SMILES string of the molecule is CCC(O)c1ccc(N2CCCN(CCO)CC2)cn1. The molecule has 0 aliphatic carbocycles. The Bertz CT molecular complexity index is 397. The maximum atomic E-state index is 9.76. The molecule has 2 rings (SSSR count). The molecule has 1 aromatic heterocycles. The number of aliphatic hydroxyl groups excluding tert-OH is 2. The summed E-state index contributed by atoms with van der Waals surface area (Å²) in [4.78, 5) is 8.99. The summed E-state index contributed by atoms with van der Waals surface area (Å²) in [6, 6.07) is 3.96. The molecule has 1 fully saturated rings. The van der Waals surface area contributed by atoms with Crippen molar-refractivity contribution in [1.29, 1.82) is 0 Å². The summed E-state index contributed by atoms with van der Waals surface area (Å²) in [7, 11) is 0. The zero-order valence-electron chi connectivity index (χ0n) is 12.2. The predicted octanol–water partition coefficient (Wildman–Crippen LogP) is 1.03. The molecule has 0 bridgehead atoms. The van der Waals surface area contributed by atoms with Crippen LogP contribution >= 0.6 is 0 Å². The van der Waals surface area contributed by atoms with E-state index in [1.165, 1.54) is 0 Å². The molecule has 0 saturated carbocycles. The van der Waals surface area contributed by atoms with E-state index in [-0.39, 0.29) is 6.61 Å². The molecule has 1 saturated heterocycles. The number of anilines is 1. The van der Waals surface area contributed by atoms with Gasteiger partial charge in [-0.3, -0.25) is 9.88 Å². The minimum Gasteiger partial charge on any atom is -0.395 e. The van der Waals surface area contributed by atoms with Crippen LogP contribution in [0.1, 0.15) is 31.6 Å². The lowest BCUT2D eigenvalue weighted by atomic mass is 10.2. The summed E-state index contributed by atoms with van der Waals surface area (Å²) in [6.45, 7) is 6.91. The van der Waals surface area contributed by atoms with Crippen LogP contribution in [0.15, 0.2) is 18.3 Å². The molecule has 1 aliphatic rings. The van der Waals surface area contributed by atoms with Gasteiger partial charge < -0.3 is 15.1 Å². The molecule has 2 N–H and O–H groups in total. The van der Waals surface area contributed by atoms with Gasteiger partial charge in [-0.25, -0.2) is 0 Å². The number of β-amino-alcohol motifs (C(OH)–C–C–N with tert-alkyl or cyclic N) is 1. The molecule has 1 unspecified atom stereocenters. The average molecular weight is 279 g/mol. The smallest absolute Gasteiger partial charge is 0.0957 e. The molecule has 20 heavy (non-hydrogen) atoms. The number of aliphatic hydroxyl groups is 2. The van der Waals surface area contributed by atoms with Gasteiger partial charge in [0.1, 0.15) is 0 Å². The van der Waals surface area contributed by atoms with E-state index in [1.54, 1.807) is 0 Å². The lowest BCUT2D eigenvalue weighted by molar-refractivity contribution is 0.169. The quantitative estimate of drug-likeness (QED) is 0.843. The van der Waals surface area contributed by atoms with Crippen LogP contribution in [0.25, 0.3) is 0 Å². The predicted molar refractivity (Wildman–Crippen MR) is 79.8 cm³/mol. The first-order chi connectivity index (χ1) is 9.74. The highest BCUT2D eigenvalue weighted by Gasteiger charge is 2.15. The summed E-state index contributed by atoms with van der Waals surface area (Å²) in [5, 5.41) is 18.8. The van der Waals surface area contributed by atoms with E-state index < -0.39 is 6.10 Å². The van der Waals surface area contributed by atoms with Crippen molar-refractivity contribution in [2.45, 2.75) is 25.9 Å². The second kappa shape index (κ2) is 7.57. The molecule has 1 atom stereocenters. The van der Waals surface area contributed by atoms with Crippen LogP contribution in [0.5, 0.6) is 0 Å². The molecule has 1 aromatic rings. The third-order valence-electron chi connectivity index (χ3n) is 3.87. The topological polar surface area (TPSA) is 59.8 Å². The third kappa shape index (κ3) is 3.91. The van der Waals surface area contributed by atoms with Crippen molar-refractivity contribution in [3.05, 3.63) is 24.0 Å². The Labute approximate surface area is 120 Å². The number of pyridine rings is 1. The molecule has 5 nitrogen and oxygen atoms in total. The maximum absolute atomic E-state index is 9.76. The van der Waals surface area contributed by atoms with Crippen molar-refractivity contribution < 1.29 is 10.2 Å². The molecule has 0 aromatic carbocycles. The Morgan fingerprint density at radius 2 is 2.10 bits per heavy atom. The van der Waals surface area contributed by atoms with E-state index in [0.717, 1.165) is 50.5 Å². The zero-order chi connectivity index (χ0) is 14.4. The van der Waals surface area contributed by atoms with Gasteiger partial charge in [0, 0.05) is 26.2 Å². The fraction of sp³-hybridized carbons (Fsp3) is 0.667. The summed E-state index contributed by atoms with van der Waals surface area (Å²) in [6.07, 6.45) is 3.18. The van der Waals surface area contributed by atoms with Gasteiger partial charge in [-0.2, -0.15) is 0 Å². The van der Waals surface area contributed by atoms with Gasteiger partial charge in [-0.05, 0) is 31.5 Å². The zero-order valence-corrected chi connectivity index (χ0v) is 12.2. The summed E-state index contributed by atoms with van der Waals surface area (Å²) in [5.74, 6) is 0. The Morgan fingerprint density at radius 1 is 1.25 bits per heavy atom. The molecular weight excluding hydrogens is 254 g/mol. The Balaban J connectivity index is 1.97. The van der Waals surface area contributed by atoms with Gasteiger partial charge in [0.05, 0.1) is 30.3 Å². The van der Waals surface area contributed by atoms with Crippen molar-refractivity contribution in [2.24, 2.45) is 0 Å². The normalized spacial score (nSPS) is 18.9. The van der Waals surface area contributed by atoms with Crippen molar-refractivity contribution in [1.82, 2.24) is 9.88 Å². The van der Waals surface area contributed by atoms with E-state index in [0.29, 0.717) is 6.42 Å². The highest BCUT2D eigenvalue weighted by atomic mass is 16.3. The summed E-state index contributed by atoms with van der Waals surface area (Å²) >= 11 is 0. The highest BCUT2D eigenvalue weighted by Crippen LogP contribution is 2.19. The largest absolute Gasteiger partial charge is 0.395 e. The number of hydrogen-bond acceptors (Lipinski definition) is 5. The van der Waals surface area contributed by atoms with Crippen LogP contribution < -0.4 is 4.90 Å². The first-order valence-corrected chi connectivity index (χ1v) is 7.46. The van der Waals surface area contributed by atoms with Gasteiger partial charge in [0.2, 0.25) is 0 Å².